The van der Waals surface area contributed by atoms with E-state index in [0.29, 0.717) is 42.7 Å². The average Bonchev–Trinajstić information content (AvgIpc) is 2.69. The Morgan fingerprint density at radius 1 is 1.19 bits per heavy atom. The highest BCUT2D eigenvalue weighted by Crippen LogP contribution is 2.28. The van der Waals surface area contributed by atoms with Gasteiger partial charge in [0, 0.05) is 24.3 Å². The highest BCUT2D eigenvalue weighted by molar-refractivity contribution is 5.95. The SMILES string of the molecule is C=CCOc1ccc(CNc2cccc(C(=O)NCC(C)C)c2)cc1OC. The molecule has 0 atom stereocenters. The lowest BCUT2D eigenvalue weighted by atomic mass is 10.1. The van der Waals surface area contributed by atoms with Crippen LogP contribution in [0.2, 0.25) is 0 Å². The largest absolute Gasteiger partial charge is 0.493 e. The number of anilines is 1. The van der Waals surface area contributed by atoms with E-state index in [9.17, 15) is 4.79 Å². The average molecular weight is 368 g/mol. The van der Waals surface area contributed by atoms with Gasteiger partial charge in [0.05, 0.1) is 7.11 Å². The summed E-state index contributed by atoms with van der Waals surface area (Å²) in [7, 11) is 1.62. The quantitative estimate of drug-likeness (QED) is 0.615. The van der Waals surface area contributed by atoms with E-state index in [1.807, 2.05) is 42.5 Å². The zero-order chi connectivity index (χ0) is 19.6. The molecule has 5 nitrogen and oxygen atoms in total. The molecule has 1 amide bonds. The van der Waals surface area contributed by atoms with Crippen molar-refractivity contribution in [2.24, 2.45) is 5.92 Å². The molecule has 0 aromatic heterocycles. The van der Waals surface area contributed by atoms with Gasteiger partial charge in [-0.1, -0.05) is 38.6 Å². The topological polar surface area (TPSA) is 59.6 Å². The third kappa shape index (κ3) is 6.37. The summed E-state index contributed by atoms with van der Waals surface area (Å²) in [6.07, 6.45) is 1.69. The molecule has 0 aliphatic carbocycles. The van der Waals surface area contributed by atoms with Gasteiger partial charge in [0.2, 0.25) is 0 Å². The zero-order valence-corrected chi connectivity index (χ0v) is 16.2. The molecule has 0 unspecified atom stereocenters. The molecule has 0 radical (unpaired) electrons. The Bertz CT molecular complexity index is 772. The molecular formula is C22H28N2O3. The summed E-state index contributed by atoms with van der Waals surface area (Å²) in [6, 6.07) is 13.3. The molecule has 0 aliphatic heterocycles. The molecule has 0 fully saturated rings. The van der Waals surface area contributed by atoms with Gasteiger partial charge in [-0.05, 0) is 41.8 Å². The predicted octanol–water partition coefficient (Wildman–Crippen LogP) is 4.26. The van der Waals surface area contributed by atoms with Crippen molar-refractivity contribution in [3.05, 3.63) is 66.2 Å². The van der Waals surface area contributed by atoms with Gasteiger partial charge in [-0.15, -0.1) is 0 Å². The third-order valence-corrected chi connectivity index (χ3v) is 3.88. The number of methoxy groups -OCH3 is 1. The van der Waals surface area contributed by atoms with Gasteiger partial charge in [0.1, 0.15) is 6.61 Å². The summed E-state index contributed by atoms with van der Waals surface area (Å²) >= 11 is 0. The van der Waals surface area contributed by atoms with E-state index < -0.39 is 0 Å². The maximum atomic E-state index is 12.2. The number of nitrogens with one attached hydrogen (secondary N) is 2. The zero-order valence-electron chi connectivity index (χ0n) is 16.2. The maximum absolute atomic E-state index is 12.2. The number of hydrogen-bond donors (Lipinski definition) is 2. The van der Waals surface area contributed by atoms with E-state index in [0.717, 1.165) is 11.3 Å². The van der Waals surface area contributed by atoms with Gasteiger partial charge < -0.3 is 20.1 Å². The van der Waals surface area contributed by atoms with Gasteiger partial charge in [-0.25, -0.2) is 0 Å². The highest BCUT2D eigenvalue weighted by Gasteiger charge is 2.08. The first-order valence-corrected chi connectivity index (χ1v) is 9.06. The van der Waals surface area contributed by atoms with Crippen LogP contribution in [0.4, 0.5) is 5.69 Å². The van der Waals surface area contributed by atoms with E-state index in [1.165, 1.54) is 0 Å². The van der Waals surface area contributed by atoms with Crippen molar-refractivity contribution in [1.82, 2.24) is 5.32 Å². The fourth-order valence-electron chi connectivity index (χ4n) is 2.46. The Hall–Kier alpha value is -2.95. The maximum Gasteiger partial charge on any atom is 0.251 e. The minimum absolute atomic E-state index is 0.0576. The Kier molecular flexibility index (Phi) is 7.74. The number of benzene rings is 2. The van der Waals surface area contributed by atoms with Crippen molar-refractivity contribution >= 4 is 11.6 Å². The van der Waals surface area contributed by atoms with Crippen LogP contribution >= 0.6 is 0 Å². The fourth-order valence-corrected chi connectivity index (χ4v) is 2.46. The van der Waals surface area contributed by atoms with Crippen molar-refractivity contribution in [3.8, 4) is 11.5 Å². The lowest BCUT2D eigenvalue weighted by Gasteiger charge is -2.13. The minimum Gasteiger partial charge on any atom is -0.493 e. The molecule has 0 heterocycles. The smallest absolute Gasteiger partial charge is 0.251 e. The summed E-state index contributed by atoms with van der Waals surface area (Å²) < 4.78 is 11.0. The first-order chi connectivity index (χ1) is 13.0. The lowest BCUT2D eigenvalue weighted by molar-refractivity contribution is 0.0949. The van der Waals surface area contributed by atoms with Gasteiger partial charge in [-0.2, -0.15) is 0 Å². The van der Waals surface area contributed by atoms with Crippen molar-refractivity contribution in [3.63, 3.8) is 0 Å². The van der Waals surface area contributed by atoms with E-state index in [1.54, 1.807) is 13.2 Å². The number of amides is 1. The molecule has 0 spiro atoms. The molecule has 0 aliphatic rings. The molecule has 2 aromatic carbocycles. The molecular weight excluding hydrogens is 340 g/mol. The van der Waals surface area contributed by atoms with E-state index in [4.69, 9.17) is 9.47 Å². The van der Waals surface area contributed by atoms with Gasteiger partial charge in [0.25, 0.3) is 5.91 Å². The van der Waals surface area contributed by atoms with Crippen LogP contribution in [-0.4, -0.2) is 26.2 Å². The third-order valence-electron chi connectivity index (χ3n) is 3.88. The van der Waals surface area contributed by atoms with Gasteiger partial charge in [-0.3, -0.25) is 4.79 Å². The highest BCUT2D eigenvalue weighted by atomic mass is 16.5. The second-order valence-electron chi connectivity index (χ2n) is 6.62. The fraction of sp³-hybridized carbons (Fsp3) is 0.318. The van der Waals surface area contributed by atoms with Crippen LogP contribution in [-0.2, 0) is 6.54 Å². The predicted molar refractivity (Wildman–Crippen MR) is 110 cm³/mol. The Morgan fingerprint density at radius 2 is 2.00 bits per heavy atom. The number of carbonyl (C=O) groups excluding carboxylic acids is 1. The molecule has 2 rings (SSSR count). The summed E-state index contributed by atoms with van der Waals surface area (Å²) in [6.45, 7) is 9.49. The number of ether oxygens (including phenoxy) is 2. The monoisotopic (exact) mass is 368 g/mol. The van der Waals surface area contributed by atoms with Crippen molar-refractivity contribution < 1.29 is 14.3 Å². The first-order valence-electron chi connectivity index (χ1n) is 9.06. The Balaban J connectivity index is 2.01. The van der Waals surface area contributed by atoms with Crippen LogP contribution in [0.15, 0.2) is 55.1 Å². The van der Waals surface area contributed by atoms with Crippen LogP contribution in [0.5, 0.6) is 11.5 Å². The second kappa shape index (κ2) is 10.3. The second-order valence-corrected chi connectivity index (χ2v) is 6.62. The van der Waals surface area contributed by atoms with Crippen LogP contribution in [0.1, 0.15) is 29.8 Å². The summed E-state index contributed by atoms with van der Waals surface area (Å²) in [5, 5.41) is 6.28. The number of hydrogen-bond acceptors (Lipinski definition) is 4. The molecule has 2 aromatic rings. The molecule has 144 valence electrons. The van der Waals surface area contributed by atoms with Gasteiger partial charge >= 0.3 is 0 Å². The first kappa shape index (κ1) is 20.4. The lowest BCUT2D eigenvalue weighted by Crippen LogP contribution is -2.27. The van der Waals surface area contributed by atoms with Crippen molar-refractivity contribution in [2.75, 3.05) is 25.6 Å². The molecule has 5 heteroatoms. The van der Waals surface area contributed by atoms with Crippen LogP contribution in [0.25, 0.3) is 0 Å². The summed E-state index contributed by atoms with van der Waals surface area (Å²) in [5.41, 5.74) is 2.58. The number of rotatable bonds is 10. The molecule has 0 bridgehead atoms. The van der Waals surface area contributed by atoms with Gasteiger partial charge in [0.15, 0.2) is 11.5 Å². The van der Waals surface area contributed by atoms with Crippen molar-refractivity contribution in [2.45, 2.75) is 20.4 Å². The van der Waals surface area contributed by atoms with E-state index >= 15 is 0 Å². The van der Waals surface area contributed by atoms with Crippen molar-refractivity contribution in [1.29, 1.82) is 0 Å². The summed E-state index contributed by atoms with van der Waals surface area (Å²) in [5.74, 6) is 1.73. The molecule has 2 N–H and O–H groups in total. The van der Waals surface area contributed by atoms with E-state index in [2.05, 4.69) is 31.1 Å². The molecule has 27 heavy (non-hydrogen) atoms. The molecule has 0 saturated carbocycles. The normalized spacial score (nSPS) is 10.4. The minimum atomic E-state index is -0.0576. The molecule has 0 saturated heterocycles. The standard InChI is InChI=1S/C22H28N2O3/c1-5-11-27-20-10-9-17(12-21(20)26-4)15-23-19-8-6-7-18(13-19)22(25)24-14-16(2)3/h5-10,12-13,16,23H,1,11,14-15H2,2-4H3,(H,24,25). The van der Waals surface area contributed by atoms with Crippen LogP contribution < -0.4 is 20.1 Å². The van der Waals surface area contributed by atoms with Crippen LogP contribution in [0, 0.1) is 5.92 Å². The van der Waals surface area contributed by atoms with Crippen LogP contribution in [0.3, 0.4) is 0 Å². The number of carbonyl (C=O) groups is 1. The summed E-state index contributed by atoms with van der Waals surface area (Å²) in [4.78, 5) is 12.2. The Morgan fingerprint density at radius 3 is 2.70 bits per heavy atom. The Labute approximate surface area is 161 Å². The van der Waals surface area contributed by atoms with E-state index in [-0.39, 0.29) is 5.91 Å².